The summed E-state index contributed by atoms with van der Waals surface area (Å²) >= 11 is 0. The van der Waals surface area contributed by atoms with Crippen molar-refractivity contribution in [1.29, 1.82) is 0 Å². The maximum absolute atomic E-state index is 11.7. The molecule has 0 aliphatic carbocycles. The van der Waals surface area contributed by atoms with Crippen LogP contribution in [0, 0.1) is 0 Å². The van der Waals surface area contributed by atoms with Crippen molar-refractivity contribution in [2.75, 3.05) is 13.2 Å². The zero-order chi connectivity index (χ0) is 15.1. The van der Waals surface area contributed by atoms with Gasteiger partial charge in [0.1, 0.15) is 12.1 Å². The van der Waals surface area contributed by atoms with Gasteiger partial charge in [-0.15, -0.1) is 0 Å². The van der Waals surface area contributed by atoms with Gasteiger partial charge in [0.05, 0.1) is 5.60 Å². The summed E-state index contributed by atoms with van der Waals surface area (Å²) in [6, 6.07) is -0.960. The molecule has 19 heavy (non-hydrogen) atoms. The van der Waals surface area contributed by atoms with Gasteiger partial charge in [-0.3, -0.25) is 4.79 Å². The van der Waals surface area contributed by atoms with Crippen LogP contribution in [0.3, 0.4) is 0 Å². The van der Waals surface area contributed by atoms with Gasteiger partial charge < -0.3 is 19.9 Å². The van der Waals surface area contributed by atoms with Crippen molar-refractivity contribution in [3.05, 3.63) is 0 Å². The van der Waals surface area contributed by atoms with Crippen molar-refractivity contribution in [1.82, 2.24) is 5.32 Å². The summed E-state index contributed by atoms with van der Waals surface area (Å²) in [7, 11) is 0. The fourth-order valence-corrected chi connectivity index (χ4v) is 1.36. The van der Waals surface area contributed by atoms with Crippen LogP contribution < -0.4 is 5.32 Å². The Labute approximate surface area is 114 Å². The highest BCUT2D eigenvalue weighted by atomic mass is 16.5. The molecule has 0 bridgehead atoms. The summed E-state index contributed by atoms with van der Waals surface area (Å²) in [4.78, 5) is 22.7. The lowest BCUT2D eigenvalue weighted by Crippen LogP contribution is -2.46. The van der Waals surface area contributed by atoms with Crippen LogP contribution in [0.25, 0.3) is 0 Å². The highest BCUT2D eigenvalue weighted by molar-refractivity contribution is 5.86. The highest BCUT2D eigenvalue weighted by Gasteiger charge is 2.23. The molecule has 112 valence electrons. The van der Waals surface area contributed by atoms with E-state index >= 15 is 0 Å². The molecule has 0 aliphatic rings. The van der Waals surface area contributed by atoms with Crippen LogP contribution in [-0.4, -0.2) is 47.9 Å². The Morgan fingerprint density at radius 1 is 1.32 bits per heavy atom. The fraction of sp³-hybridized carbons (Fsp3) is 0.846. The average molecular weight is 275 g/mol. The largest absolute Gasteiger partial charge is 0.480 e. The molecule has 0 aromatic heterocycles. The third-order valence-corrected chi connectivity index (χ3v) is 2.34. The SMILES string of the molecule is CCOC(C)C(=O)NC(CCOC(C)(C)C)C(=O)O. The lowest BCUT2D eigenvalue weighted by Gasteiger charge is -2.22. The van der Waals surface area contributed by atoms with Gasteiger partial charge in [0.2, 0.25) is 5.91 Å². The zero-order valence-electron chi connectivity index (χ0n) is 12.4. The van der Waals surface area contributed by atoms with E-state index in [0.29, 0.717) is 6.61 Å². The Morgan fingerprint density at radius 2 is 1.89 bits per heavy atom. The van der Waals surface area contributed by atoms with Gasteiger partial charge in [-0.2, -0.15) is 0 Å². The first-order valence-electron chi connectivity index (χ1n) is 6.46. The number of hydrogen-bond acceptors (Lipinski definition) is 4. The molecule has 0 saturated carbocycles. The zero-order valence-corrected chi connectivity index (χ0v) is 12.4. The molecule has 0 aliphatic heterocycles. The lowest BCUT2D eigenvalue weighted by molar-refractivity contribution is -0.145. The second-order valence-electron chi connectivity index (χ2n) is 5.25. The predicted octanol–water partition coefficient (Wildman–Crippen LogP) is 1.19. The fourth-order valence-electron chi connectivity index (χ4n) is 1.36. The van der Waals surface area contributed by atoms with E-state index in [1.165, 1.54) is 0 Å². The minimum Gasteiger partial charge on any atom is -0.480 e. The molecule has 2 atom stereocenters. The van der Waals surface area contributed by atoms with Gasteiger partial charge in [-0.1, -0.05) is 0 Å². The molecule has 0 heterocycles. The number of carboxylic acid groups (broad SMARTS) is 1. The molecule has 1 amide bonds. The monoisotopic (exact) mass is 275 g/mol. The van der Waals surface area contributed by atoms with Crippen LogP contribution in [-0.2, 0) is 19.1 Å². The summed E-state index contributed by atoms with van der Waals surface area (Å²) < 4.78 is 10.6. The number of aliphatic carboxylic acids is 1. The summed E-state index contributed by atoms with van der Waals surface area (Å²) in [5.74, 6) is -1.50. The van der Waals surface area contributed by atoms with Gasteiger partial charge in [0.15, 0.2) is 0 Å². The molecule has 6 nitrogen and oxygen atoms in total. The van der Waals surface area contributed by atoms with Crippen molar-refractivity contribution >= 4 is 11.9 Å². The summed E-state index contributed by atoms with van der Waals surface area (Å²) in [5, 5.41) is 11.5. The van der Waals surface area contributed by atoms with Gasteiger partial charge in [-0.25, -0.2) is 4.79 Å². The molecule has 0 spiro atoms. The first-order chi connectivity index (χ1) is 8.67. The number of hydrogen-bond donors (Lipinski definition) is 2. The summed E-state index contributed by atoms with van der Waals surface area (Å²) in [6.07, 6.45) is -0.438. The van der Waals surface area contributed by atoms with Crippen LogP contribution in [0.15, 0.2) is 0 Å². The molecule has 0 aromatic rings. The number of ether oxygens (including phenoxy) is 2. The van der Waals surface area contributed by atoms with Crippen LogP contribution in [0.2, 0.25) is 0 Å². The maximum Gasteiger partial charge on any atom is 0.326 e. The Hall–Kier alpha value is -1.14. The quantitative estimate of drug-likeness (QED) is 0.695. The maximum atomic E-state index is 11.7. The van der Waals surface area contributed by atoms with Crippen molar-refractivity contribution in [2.24, 2.45) is 0 Å². The van der Waals surface area contributed by atoms with E-state index in [2.05, 4.69) is 5.32 Å². The average Bonchev–Trinajstić information content (AvgIpc) is 2.25. The van der Waals surface area contributed by atoms with Crippen LogP contribution in [0.5, 0.6) is 0 Å². The molecule has 0 radical (unpaired) electrons. The second-order valence-corrected chi connectivity index (χ2v) is 5.25. The Kier molecular flexibility index (Phi) is 7.63. The van der Waals surface area contributed by atoms with Crippen molar-refractivity contribution in [3.8, 4) is 0 Å². The van der Waals surface area contributed by atoms with Gasteiger partial charge in [0.25, 0.3) is 0 Å². The molecule has 6 heteroatoms. The van der Waals surface area contributed by atoms with E-state index in [1.54, 1.807) is 13.8 Å². The minimum absolute atomic E-state index is 0.219. The van der Waals surface area contributed by atoms with Crippen LogP contribution in [0.1, 0.15) is 41.0 Å². The number of carboxylic acids is 1. The van der Waals surface area contributed by atoms with Crippen LogP contribution in [0.4, 0.5) is 0 Å². The third-order valence-electron chi connectivity index (χ3n) is 2.34. The van der Waals surface area contributed by atoms with E-state index in [1.807, 2.05) is 20.8 Å². The van der Waals surface area contributed by atoms with Crippen molar-refractivity contribution < 1.29 is 24.2 Å². The number of carbonyl (C=O) groups excluding carboxylic acids is 1. The first-order valence-corrected chi connectivity index (χ1v) is 6.46. The van der Waals surface area contributed by atoms with Gasteiger partial charge >= 0.3 is 5.97 Å². The standard InChI is InChI=1S/C13H25NO5/c1-6-18-9(2)11(15)14-10(12(16)17)7-8-19-13(3,4)5/h9-10H,6-8H2,1-5H3,(H,14,15)(H,16,17). The van der Waals surface area contributed by atoms with Gasteiger partial charge in [0, 0.05) is 19.6 Å². The summed E-state index contributed by atoms with van der Waals surface area (Å²) in [6.45, 7) is 9.69. The molecule has 0 saturated heterocycles. The number of amides is 1. The number of rotatable bonds is 8. The van der Waals surface area contributed by atoms with E-state index in [4.69, 9.17) is 14.6 Å². The number of nitrogens with one attached hydrogen (secondary N) is 1. The Morgan fingerprint density at radius 3 is 2.32 bits per heavy atom. The normalized spacial score (nSPS) is 14.8. The predicted molar refractivity (Wildman–Crippen MR) is 71.0 cm³/mol. The molecular formula is C13H25NO5. The topological polar surface area (TPSA) is 84.9 Å². The lowest BCUT2D eigenvalue weighted by atomic mass is 10.1. The second kappa shape index (κ2) is 8.12. The van der Waals surface area contributed by atoms with E-state index < -0.39 is 24.0 Å². The van der Waals surface area contributed by atoms with Crippen molar-refractivity contribution in [3.63, 3.8) is 0 Å². The van der Waals surface area contributed by atoms with Gasteiger partial charge in [-0.05, 0) is 34.6 Å². The highest BCUT2D eigenvalue weighted by Crippen LogP contribution is 2.08. The Balaban J connectivity index is 4.27. The third kappa shape index (κ3) is 8.56. The number of carbonyl (C=O) groups is 2. The minimum atomic E-state index is -1.07. The van der Waals surface area contributed by atoms with E-state index in [-0.39, 0.29) is 18.6 Å². The molecule has 0 fully saturated rings. The summed E-state index contributed by atoms with van der Waals surface area (Å²) in [5.41, 5.74) is -0.328. The molecule has 2 N–H and O–H groups in total. The van der Waals surface area contributed by atoms with E-state index in [0.717, 1.165) is 0 Å². The first kappa shape index (κ1) is 17.9. The smallest absolute Gasteiger partial charge is 0.326 e. The molecule has 0 rings (SSSR count). The Bertz CT molecular complexity index is 298. The molecular weight excluding hydrogens is 250 g/mol. The molecule has 0 aromatic carbocycles. The van der Waals surface area contributed by atoms with E-state index in [9.17, 15) is 9.59 Å². The van der Waals surface area contributed by atoms with Crippen molar-refractivity contribution in [2.45, 2.75) is 58.8 Å². The molecule has 2 unspecified atom stereocenters. The van der Waals surface area contributed by atoms with Crippen LogP contribution >= 0.6 is 0 Å².